The van der Waals surface area contributed by atoms with Gasteiger partial charge in [-0.15, -0.1) is 0 Å². The highest BCUT2D eigenvalue weighted by Crippen LogP contribution is 2.29. The molecule has 1 aromatic carbocycles. The fourth-order valence-corrected chi connectivity index (χ4v) is 4.90. The van der Waals surface area contributed by atoms with Crippen LogP contribution in [-0.2, 0) is 10.0 Å². The van der Waals surface area contributed by atoms with Gasteiger partial charge in [-0.2, -0.15) is 4.31 Å². The number of rotatable bonds is 6. The van der Waals surface area contributed by atoms with Gasteiger partial charge in [-0.25, -0.2) is 8.42 Å². The van der Waals surface area contributed by atoms with Gasteiger partial charge >= 0.3 is 0 Å². The minimum atomic E-state index is -3.52. The van der Waals surface area contributed by atoms with E-state index in [-0.39, 0.29) is 12.1 Å². The number of nitrogens with zero attached hydrogens (tertiary/aromatic N) is 1. The van der Waals surface area contributed by atoms with Gasteiger partial charge in [0.2, 0.25) is 10.0 Å². The second-order valence-corrected chi connectivity index (χ2v) is 7.94. The molecule has 0 radical (unpaired) electrons. The SMILES string of the molecule is CCC(C)N(C(C)CC)S(=O)(=O)c1cc(C)c(Cl)cc1C. The Balaban J connectivity index is 3.46. The molecule has 0 aliphatic carbocycles. The molecule has 21 heavy (non-hydrogen) atoms. The highest BCUT2D eigenvalue weighted by Gasteiger charge is 2.33. The molecule has 0 aliphatic heterocycles. The summed E-state index contributed by atoms with van der Waals surface area (Å²) in [5.41, 5.74) is 1.48. The highest BCUT2D eigenvalue weighted by atomic mass is 35.5. The van der Waals surface area contributed by atoms with E-state index < -0.39 is 10.0 Å². The molecule has 0 amide bonds. The topological polar surface area (TPSA) is 37.4 Å². The van der Waals surface area contributed by atoms with Crippen LogP contribution in [0.3, 0.4) is 0 Å². The normalized spacial score (nSPS) is 15.2. The second kappa shape index (κ2) is 7.12. The number of benzene rings is 1. The molecule has 3 nitrogen and oxygen atoms in total. The molecule has 0 N–H and O–H groups in total. The van der Waals surface area contributed by atoms with Crippen molar-refractivity contribution in [3.8, 4) is 0 Å². The summed E-state index contributed by atoms with van der Waals surface area (Å²) in [7, 11) is -3.52. The molecule has 1 aromatic rings. The van der Waals surface area contributed by atoms with Gasteiger partial charge in [0.25, 0.3) is 0 Å². The van der Waals surface area contributed by atoms with Gasteiger partial charge in [-0.3, -0.25) is 0 Å². The maximum absolute atomic E-state index is 13.1. The third-order valence-corrected chi connectivity index (χ3v) is 6.74. The summed E-state index contributed by atoms with van der Waals surface area (Å²) in [4.78, 5) is 0.366. The van der Waals surface area contributed by atoms with Crippen LogP contribution < -0.4 is 0 Å². The van der Waals surface area contributed by atoms with E-state index in [1.807, 2.05) is 34.6 Å². The van der Waals surface area contributed by atoms with Gasteiger partial charge in [0.15, 0.2) is 0 Å². The molecule has 2 unspecified atom stereocenters. The molecule has 0 aromatic heterocycles. The Hall–Kier alpha value is -0.580. The van der Waals surface area contributed by atoms with Crippen molar-refractivity contribution in [1.82, 2.24) is 4.31 Å². The summed E-state index contributed by atoms with van der Waals surface area (Å²) < 4.78 is 27.8. The Morgan fingerprint density at radius 3 is 1.95 bits per heavy atom. The van der Waals surface area contributed by atoms with Gasteiger partial charge in [0, 0.05) is 17.1 Å². The zero-order valence-electron chi connectivity index (χ0n) is 13.8. The third kappa shape index (κ3) is 3.79. The molecule has 1 rings (SSSR count). The van der Waals surface area contributed by atoms with E-state index in [4.69, 9.17) is 11.6 Å². The van der Waals surface area contributed by atoms with Gasteiger partial charge in [-0.1, -0.05) is 25.4 Å². The molecule has 2 atom stereocenters. The summed E-state index contributed by atoms with van der Waals surface area (Å²) >= 11 is 6.09. The van der Waals surface area contributed by atoms with Crippen LogP contribution in [0, 0.1) is 13.8 Å². The zero-order valence-corrected chi connectivity index (χ0v) is 15.3. The predicted molar refractivity (Wildman–Crippen MR) is 89.5 cm³/mol. The first-order chi connectivity index (χ1) is 9.66. The molecule has 0 aliphatic rings. The van der Waals surface area contributed by atoms with Crippen molar-refractivity contribution in [2.75, 3.05) is 0 Å². The third-order valence-electron chi connectivity index (χ3n) is 4.06. The zero-order chi connectivity index (χ0) is 16.4. The maximum Gasteiger partial charge on any atom is 0.243 e. The average molecular weight is 332 g/mol. The fraction of sp³-hybridized carbons (Fsp3) is 0.625. The number of sulfonamides is 1. The van der Waals surface area contributed by atoms with Crippen molar-refractivity contribution in [1.29, 1.82) is 0 Å². The Bertz CT molecular complexity index is 589. The Kier molecular flexibility index (Phi) is 6.26. The Morgan fingerprint density at radius 2 is 1.52 bits per heavy atom. The van der Waals surface area contributed by atoms with Crippen LogP contribution in [0.4, 0.5) is 0 Å². The minimum absolute atomic E-state index is 0.0275. The molecule has 0 saturated carbocycles. The van der Waals surface area contributed by atoms with Crippen molar-refractivity contribution in [3.05, 3.63) is 28.3 Å². The molecule has 0 fully saturated rings. The number of hydrogen-bond acceptors (Lipinski definition) is 2. The minimum Gasteiger partial charge on any atom is -0.207 e. The number of hydrogen-bond donors (Lipinski definition) is 0. The number of halogens is 1. The van der Waals surface area contributed by atoms with E-state index in [1.54, 1.807) is 23.4 Å². The molecule has 0 bridgehead atoms. The Morgan fingerprint density at radius 1 is 1.05 bits per heavy atom. The van der Waals surface area contributed by atoms with Gasteiger partial charge < -0.3 is 0 Å². The largest absolute Gasteiger partial charge is 0.243 e. The van der Waals surface area contributed by atoms with Crippen LogP contribution in [0.5, 0.6) is 0 Å². The molecular formula is C16H26ClNO2S. The van der Waals surface area contributed by atoms with Crippen molar-refractivity contribution < 1.29 is 8.42 Å². The first-order valence-corrected chi connectivity index (χ1v) is 9.28. The lowest BCUT2D eigenvalue weighted by Crippen LogP contribution is -2.44. The van der Waals surface area contributed by atoms with E-state index in [0.29, 0.717) is 15.5 Å². The summed E-state index contributed by atoms with van der Waals surface area (Å²) in [5, 5.41) is 0.602. The summed E-state index contributed by atoms with van der Waals surface area (Å²) in [5.74, 6) is 0. The van der Waals surface area contributed by atoms with E-state index in [1.165, 1.54) is 0 Å². The molecule has 0 saturated heterocycles. The monoisotopic (exact) mass is 331 g/mol. The van der Waals surface area contributed by atoms with Crippen molar-refractivity contribution in [2.45, 2.75) is 71.4 Å². The summed E-state index contributed by atoms with van der Waals surface area (Å²) in [6.45, 7) is 11.6. The van der Waals surface area contributed by atoms with E-state index in [0.717, 1.165) is 18.4 Å². The van der Waals surface area contributed by atoms with Crippen LogP contribution in [-0.4, -0.2) is 24.8 Å². The van der Waals surface area contributed by atoms with Crippen LogP contribution in [0.2, 0.25) is 5.02 Å². The van der Waals surface area contributed by atoms with Crippen molar-refractivity contribution >= 4 is 21.6 Å². The Labute approximate surface area is 134 Å². The van der Waals surface area contributed by atoms with Crippen LogP contribution in [0.25, 0.3) is 0 Å². The van der Waals surface area contributed by atoms with Gasteiger partial charge in [-0.05, 0) is 63.8 Å². The van der Waals surface area contributed by atoms with Crippen molar-refractivity contribution in [3.63, 3.8) is 0 Å². The predicted octanol–water partition coefficient (Wildman–Crippen LogP) is 4.54. The first-order valence-electron chi connectivity index (χ1n) is 7.47. The average Bonchev–Trinajstić information content (AvgIpc) is 2.41. The van der Waals surface area contributed by atoms with E-state index >= 15 is 0 Å². The van der Waals surface area contributed by atoms with E-state index in [2.05, 4.69) is 0 Å². The van der Waals surface area contributed by atoms with Gasteiger partial charge in [0.1, 0.15) is 0 Å². The quantitative estimate of drug-likeness (QED) is 0.767. The lowest BCUT2D eigenvalue weighted by molar-refractivity contribution is 0.262. The summed E-state index contributed by atoms with van der Waals surface area (Å²) in [6, 6.07) is 3.36. The van der Waals surface area contributed by atoms with E-state index in [9.17, 15) is 8.42 Å². The summed E-state index contributed by atoms with van der Waals surface area (Å²) in [6.07, 6.45) is 1.57. The van der Waals surface area contributed by atoms with Crippen molar-refractivity contribution in [2.24, 2.45) is 0 Å². The lowest BCUT2D eigenvalue weighted by atomic mass is 10.2. The van der Waals surface area contributed by atoms with Crippen LogP contribution in [0.1, 0.15) is 51.7 Å². The van der Waals surface area contributed by atoms with Crippen LogP contribution >= 0.6 is 11.6 Å². The second-order valence-electron chi connectivity index (χ2n) is 5.72. The first kappa shape index (κ1) is 18.5. The molecule has 120 valence electrons. The molecular weight excluding hydrogens is 306 g/mol. The standard InChI is InChI=1S/C16H26ClNO2S/c1-7-13(5)18(14(6)8-2)21(19,20)16-10-11(3)15(17)9-12(16)4/h9-10,13-14H,7-8H2,1-6H3. The fourth-order valence-electron chi connectivity index (χ4n) is 2.41. The molecule has 0 heterocycles. The molecule has 0 spiro atoms. The maximum atomic E-state index is 13.1. The number of aryl methyl sites for hydroxylation is 2. The lowest BCUT2D eigenvalue weighted by Gasteiger charge is -2.33. The smallest absolute Gasteiger partial charge is 0.207 e. The highest BCUT2D eigenvalue weighted by molar-refractivity contribution is 7.89. The molecule has 5 heteroatoms. The van der Waals surface area contributed by atoms with Crippen LogP contribution in [0.15, 0.2) is 17.0 Å². The van der Waals surface area contributed by atoms with Gasteiger partial charge in [0.05, 0.1) is 4.90 Å².